The number of ether oxygens (including phenoxy) is 1. The summed E-state index contributed by atoms with van der Waals surface area (Å²) in [5.74, 6) is 0.923. The number of halogens is 2. The van der Waals surface area contributed by atoms with E-state index >= 15 is 0 Å². The highest BCUT2D eigenvalue weighted by Crippen LogP contribution is 2.34. The number of rotatable bonds is 5. The van der Waals surface area contributed by atoms with Gasteiger partial charge in [-0.3, -0.25) is 0 Å². The van der Waals surface area contributed by atoms with Crippen LogP contribution in [0.4, 0.5) is 5.69 Å². The first-order valence-corrected chi connectivity index (χ1v) is 6.82. The van der Waals surface area contributed by atoms with Crippen LogP contribution in [0, 0.1) is 0 Å². The van der Waals surface area contributed by atoms with E-state index in [0.29, 0.717) is 6.42 Å². The molecule has 1 unspecified atom stereocenters. The van der Waals surface area contributed by atoms with E-state index in [0.717, 1.165) is 20.4 Å². The van der Waals surface area contributed by atoms with E-state index in [4.69, 9.17) is 15.7 Å². The molecule has 0 aromatic heterocycles. The quantitative estimate of drug-likeness (QED) is 0.317. The Morgan fingerprint density at radius 3 is 2.72 bits per heavy atom. The molecule has 18 heavy (non-hydrogen) atoms. The summed E-state index contributed by atoms with van der Waals surface area (Å²) in [7, 11) is 1.61. The normalized spacial score (nSPS) is 13.2. The molecule has 0 bridgehead atoms. The van der Waals surface area contributed by atoms with Crippen LogP contribution in [0.1, 0.15) is 13.3 Å². The van der Waals surface area contributed by atoms with Crippen LogP contribution < -0.4 is 15.8 Å². The maximum atomic E-state index is 8.52. The number of methoxy groups -OCH3 is 1. The molecule has 0 aliphatic rings. The largest absolute Gasteiger partial charge is 0.495 e. The standard InChI is InChI=1S/C11H15Br2N3O2/c1-6(3-11(14)16-17)15-9-5-10(18-2)8(13)4-7(9)12/h4-6,15,17H,3H2,1-2H3,(H2,14,16). The number of anilines is 1. The Hall–Kier alpha value is -0.950. The number of oxime groups is 1. The van der Waals surface area contributed by atoms with E-state index in [2.05, 4.69) is 42.3 Å². The number of nitrogens with zero attached hydrogens (tertiary/aromatic N) is 1. The van der Waals surface area contributed by atoms with E-state index < -0.39 is 0 Å². The summed E-state index contributed by atoms with van der Waals surface area (Å²) < 4.78 is 7.00. The third-order valence-electron chi connectivity index (χ3n) is 2.29. The molecule has 0 spiro atoms. The fraction of sp³-hybridized carbons (Fsp3) is 0.364. The van der Waals surface area contributed by atoms with Crippen molar-refractivity contribution in [2.75, 3.05) is 12.4 Å². The third-order valence-corrected chi connectivity index (χ3v) is 3.56. The lowest BCUT2D eigenvalue weighted by Gasteiger charge is -2.17. The van der Waals surface area contributed by atoms with Crippen LogP contribution in [0.25, 0.3) is 0 Å². The lowest BCUT2D eigenvalue weighted by atomic mass is 10.2. The Balaban J connectivity index is 2.84. The zero-order valence-corrected chi connectivity index (χ0v) is 13.2. The molecule has 0 saturated carbocycles. The average molecular weight is 381 g/mol. The molecule has 1 aromatic carbocycles. The van der Waals surface area contributed by atoms with E-state index in [1.165, 1.54) is 0 Å². The Morgan fingerprint density at radius 2 is 2.17 bits per heavy atom. The van der Waals surface area contributed by atoms with Crippen LogP contribution in [0.15, 0.2) is 26.2 Å². The van der Waals surface area contributed by atoms with Crippen molar-refractivity contribution in [1.29, 1.82) is 0 Å². The number of amidine groups is 1. The van der Waals surface area contributed by atoms with Gasteiger partial charge in [-0.15, -0.1) is 0 Å². The zero-order chi connectivity index (χ0) is 13.7. The third kappa shape index (κ3) is 4.06. The van der Waals surface area contributed by atoms with Gasteiger partial charge < -0.3 is 21.0 Å². The van der Waals surface area contributed by atoms with E-state index in [1.54, 1.807) is 7.11 Å². The smallest absolute Gasteiger partial charge is 0.141 e. The van der Waals surface area contributed by atoms with Crippen LogP contribution in [0.2, 0.25) is 0 Å². The molecule has 100 valence electrons. The first-order chi connectivity index (χ1) is 8.47. The minimum absolute atomic E-state index is 0.0306. The van der Waals surface area contributed by atoms with E-state index in [-0.39, 0.29) is 11.9 Å². The van der Waals surface area contributed by atoms with Gasteiger partial charge in [0.2, 0.25) is 0 Å². The van der Waals surface area contributed by atoms with Crippen LogP contribution in [0.5, 0.6) is 5.75 Å². The van der Waals surface area contributed by atoms with Gasteiger partial charge in [0.15, 0.2) is 0 Å². The summed E-state index contributed by atoms with van der Waals surface area (Å²) in [4.78, 5) is 0. The molecule has 1 rings (SSSR count). The van der Waals surface area contributed by atoms with Crippen LogP contribution in [0.3, 0.4) is 0 Å². The second kappa shape index (κ2) is 6.84. The van der Waals surface area contributed by atoms with Gasteiger partial charge in [0, 0.05) is 23.0 Å². The molecule has 4 N–H and O–H groups in total. The van der Waals surface area contributed by atoms with Crippen molar-refractivity contribution in [3.8, 4) is 5.75 Å². The second-order valence-corrected chi connectivity index (χ2v) is 5.52. The molecular formula is C11H15Br2N3O2. The fourth-order valence-corrected chi connectivity index (χ4v) is 2.74. The minimum atomic E-state index is 0.0306. The summed E-state index contributed by atoms with van der Waals surface area (Å²) in [5.41, 5.74) is 6.34. The van der Waals surface area contributed by atoms with Gasteiger partial charge >= 0.3 is 0 Å². The van der Waals surface area contributed by atoms with Gasteiger partial charge in [-0.2, -0.15) is 0 Å². The predicted molar refractivity (Wildman–Crippen MR) is 79.5 cm³/mol. The lowest BCUT2D eigenvalue weighted by Crippen LogP contribution is -2.24. The van der Waals surface area contributed by atoms with Crippen LogP contribution >= 0.6 is 31.9 Å². The first-order valence-electron chi connectivity index (χ1n) is 5.24. The minimum Gasteiger partial charge on any atom is -0.495 e. The second-order valence-electron chi connectivity index (χ2n) is 3.81. The highest BCUT2D eigenvalue weighted by Gasteiger charge is 2.10. The molecule has 5 nitrogen and oxygen atoms in total. The summed E-state index contributed by atoms with van der Waals surface area (Å²) in [5, 5.41) is 14.7. The van der Waals surface area contributed by atoms with Gasteiger partial charge in [-0.05, 0) is 44.8 Å². The van der Waals surface area contributed by atoms with Gasteiger partial charge in [0.05, 0.1) is 17.3 Å². The molecule has 1 aromatic rings. The predicted octanol–water partition coefficient (Wildman–Crippen LogP) is 3.16. The molecule has 0 aliphatic heterocycles. The molecule has 0 amide bonds. The first kappa shape index (κ1) is 15.1. The summed E-state index contributed by atoms with van der Waals surface area (Å²) in [6.45, 7) is 1.94. The van der Waals surface area contributed by atoms with Crippen LogP contribution in [-0.4, -0.2) is 24.2 Å². The van der Waals surface area contributed by atoms with Gasteiger partial charge in [0.1, 0.15) is 11.6 Å². The highest BCUT2D eigenvalue weighted by atomic mass is 79.9. The molecule has 0 radical (unpaired) electrons. The van der Waals surface area contributed by atoms with Crippen molar-refractivity contribution in [1.82, 2.24) is 0 Å². The molecule has 1 atom stereocenters. The van der Waals surface area contributed by atoms with Crippen LogP contribution in [-0.2, 0) is 0 Å². The Kier molecular flexibility index (Phi) is 5.74. The van der Waals surface area contributed by atoms with Crippen molar-refractivity contribution < 1.29 is 9.94 Å². The fourth-order valence-electron chi connectivity index (χ4n) is 1.47. The molecular weight excluding hydrogens is 366 g/mol. The molecule has 7 heteroatoms. The van der Waals surface area contributed by atoms with E-state index in [1.807, 2.05) is 19.1 Å². The Bertz CT molecular complexity index is 452. The van der Waals surface area contributed by atoms with Gasteiger partial charge in [-0.25, -0.2) is 0 Å². The number of nitrogens with one attached hydrogen (secondary N) is 1. The molecule has 0 saturated heterocycles. The number of benzene rings is 1. The molecule has 0 heterocycles. The molecule has 0 aliphatic carbocycles. The Morgan fingerprint density at radius 1 is 1.50 bits per heavy atom. The van der Waals surface area contributed by atoms with Crippen molar-refractivity contribution in [3.05, 3.63) is 21.1 Å². The SMILES string of the molecule is COc1cc(NC(C)C/C(N)=N/O)c(Br)cc1Br. The average Bonchev–Trinajstić information content (AvgIpc) is 2.32. The summed E-state index contributed by atoms with van der Waals surface area (Å²) in [6.07, 6.45) is 0.446. The Labute approximate surface area is 123 Å². The monoisotopic (exact) mass is 379 g/mol. The summed E-state index contributed by atoms with van der Waals surface area (Å²) in [6, 6.07) is 3.80. The van der Waals surface area contributed by atoms with Gasteiger partial charge in [0.25, 0.3) is 0 Å². The van der Waals surface area contributed by atoms with Crippen molar-refractivity contribution in [3.63, 3.8) is 0 Å². The maximum Gasteiger partial charge on any atom is 0.141 e. The number of hydrogen-bond acceptors (Lipinski definition) is 4. The summed E-state index contributed by atoms with van der Waals surface area (Å²) >= 11 is 6.87. The highest BCUT2D eigenvalue weighted by molar-refractivity contribution is 9.11. The lowest BCUT2D eigenvalue weighted by molar-refractivity contribution is 0.316. The maximum absolute atomic E-state index is 8.52. The van der Waals surface area contributed by atoms with Crippen molar-refractivity contribution >= 4 is 43.4 Å². The topological polar surface area (TPSA) is 79.9 Å². The number of nitrogens with two attached hydrogens (primary N) is 1. The number of hydrogen-bond donors (Lipinski definition) is 3. The van der Waals surface area contributed by atoms with Crippen molar-refractivity contribution in [2.45, 2.75) is 19.4 Å². The van der Waals surface area contributed by atoms with Gasteiger partial charge in [-0.1, -0.05) is 5.16 Å². The zero-order valence-electron chi connectivity index (χ0n) is 10.1. The van der Waals surface area contributed by atoms with E-state index in [9.17, 15) is 0 Å². The molecule has 0 fully saturated rings. The van der Waals surface area contributed by atoms with Crippen molar-refractivity contribution in [2.24, 2.45) is 10.9 Å².